The molecule has 5 heteroatoms. The summed E-state index contributed by atoms with van der Waals surface area (Å²) in [5.41, 5.74) is 5.66. The lowest BCUT2D eigenvalue weighted by Crippen LogP contribution is -2.31. The van der Waals surface area contributed by atoms with Gasteiger partial charge in [-0.1, -0.05) is 6.07 Å². The van der Waals surface area contributed by atoms with Gasteiger partial charge in [0.2, 0.25) is 0 Å². The predicted molar refractivity (Wildman–Crippen MR) is 67.4 cm³/mol. The van der Waals surface area contributed by atoms with Crippen molar-refractivity contribution in [2.24, 2.45) is 5.73 Å². The standard InChI is InChI=1S/C13H19NO4/c1-13(2,3)18-12(16)11(14)8-5-6-10(17-4)9(15)7-8/h5-7,11,15H,14H2,1-4H3. The van der Waals surface area contributed by atoms with Crippen LogP contribution in [0.5, 0.6) is 11.5 Å². The van der Waals surface area contributed by atoms with Gasteiger partial charge in [0.15, 0.2) is 11.5 Å². The first kappa shape index (κ1) is 14.3. The summed E-state index contributed by atoms with van der Waals surface area (Å²) in [5, 5.41) is 9.62. The molecular formula is C13H19NO4. The van der Waals surface area contributed by atoms with Crippen molar-refractivity contribution in [1.82, 2.24) is 0 Å². The number of phenolic OH excluding ortho intramolecular Hbond substituents is 1. The van der Waals surface area contributed by atoms with E-state index in [-0.39, 0.29) is 5.75 Å². The van der Waals surface area contributed by atoms with Crippen LogP contribution in [0.3, 0.4) is 0 Å². The topological polar surface area (TPSA) is 81.8 Å². The minimum absolute atomic E-state index is 0.0611. The SMILES string of the molecule is COc1ccc(C(N)C(=O)OC(C)(C)C)cc1O. The number of carbonyl (C=O) groups is 1. The summed E-state index contributed by atoms with van der Waals surface area (Å²) in [4.78, 5) is 11.8. The summed E-state index contributed by atoms with van der Waals surface area (Å²) in [7, 11) is 1.45. The molecule has 1 atom stereocenters. The Morgan fingerprint density at radius 3 is 2.44 bits per heavy atom. The van der Waals surface area contributed by atoms with Crippen LogP contribution < -0.4 is 10.5 Å². The number of rotatable bonds is 3. The molecule has 100 valence electrons. The van der Waals surface area contributed by atoms with Crippen molar-refractivity contribution < 1.29 is 19.4 Å². The number of hydrogen-bond acceptors (Lipinski definition) is 5. The Morgan fingerprint density at radius 1 is 1.39 bits per heavy atom. The molecule has 0 saturated heterocycles. The van der Waals surface area contributed by atoms with E-state index in [1.807, 2.05) is 0 Å². The highest BCUT2D eigenvalue weighted by Crippen LogP contribution is 2.29. The van der Waals surface area contributed by atoms with Gasteiger partial charge in [0.1, 0.15) is 11.6 Å². The Hall–Kier alpha value is -1.75. The smallest absolute Gasteiger partial charge is 0.328 e. The number of ether oxygens (including phenoxy) is 2. The van der Waals surface area contributed by atoms with Gasteiger partial charge in [-0.15, -0.1) is 0 Å². The molecule has 3 N–H and O–H groups in total. The fourth-order valence-electron chi connectivity index (χ4n) is 1.40. The van der Waals surface area contributed by atoms with E-state index in [4.69, 9.17) is 15.2 Å². The highest BCUT2D eigenvalue weighted by atomic mass is 16.6. The largest absolute Gasteiger partial charge is 0.504 e. The number of benzene rings is 1. The van der Waals surface area contributed by atoms with Gasteiger partial charge in [-0.2, -0.15) is 0 Å². The van der Waals surface area contributed by atoms with E-state index in [0.717, 1.165) is 0 Å². The maximum absolute atomic E-state index is 11.8. The van der Waals surface area contributed by atoms with Crippen molar-refractivity contribution >= 4 is 5.97 Å². The maximum atomic E-state index is 11.8. The minimum Gasteiger partial charge on any atom is -0.504 e. The van der Waals surface area contributed by atoms with E-state index in [1.165, 1.54) is 13.2 Å². The third-order valence-corrected chi connectivity index (χ3v) is 2.22. The average Bonchev–Trinajstić information content (AvgIpc) is 2.25. The molecule has 0 aliphatic rings. The molecular weight excluding hydrogens is 234 g/mol. The second-order valence-electron chi connectivity index (χ2n) is 4.94. The molecule has 0 amide bonds. The van der Waals surface area contributed by atoms with Crippen LogP contribution in [-0.2, 0) is 9.53 Å². The molecule has 0 aliphatic heterocycles. The van der Waals surface area contributed by atoms with Gasteiger partial charge in [0, 0.05) is 0 Å². The van der Waals surface area contributed by atoms with Crippen LogP contribution in [0.4, 0.5) is 0 Å². The van der Waals surface area contributed by atoms with Gasteiger partial charge in [0.25, 0.3) is 0 Å². The minimum atomic E-state index is -0.930. The molecule has 0 fully saturated rings. The second-order valence-corrected chi connectivity index (χ2v) is 4.94. The lowest BCUT2D eigenvalue weighted by atomic mass is 10.1. The molecule has 1 aromatic carbocycles. The summed E-state index contributed by atoms with van der Waals surface area (Å²) >= 11 is 0. The van der Waals surface area contributed by atoms with Gasteiger partial charge < -0.3 is 20.3 Å². The summed E-state index contributed by atoms with van der Waals surface area (Å²) < 4.78 is 10.1. The average molecular weight is 253 g/mol. The molecule has 0 heterocycles. The van der Waals surface area contributed by atoms with Crippen LogP contribution in [0, 0.1) is 0 Å². The molecule has 0 aliphatic carbocycles. The van der Waals surface area contributed by atoms with Crippen LogP contribution in [-0.4, -0.2) is 23.8 Å². The fraction of sp³-hybridized carbons (Fsp3) is 0.462. The van der Waals surface area contributed by atoms with Gasteiger partial charge >= 0.3 is 5.97 Å². The van der Waals surface area contributed by atoms with Crippen molar-refractivity contribution in [3.63, 3.8) is 0 Å². The number of methoxy groups -OCH3 is 1. The summed E-state index contributed by atoms with van der Waals surface area (Å²) in [6.07, 6.45) is 0. The molecule has 0 bridgehead atoms. The Labute approximate surface area is 107 Å². The lowest BCUT2D eigenvalue weighted by molar-refractivity contribution is -0.156. The molecule has 18 heavy (non-hydrogen) atoms. The van der Waals surface area contributed by atoms with E-state index in [9.17, 15) is 9.90 Å². The van der Waals surface area contributed by atoms with Crippen molar-refractivity contribution in [1.29, 1.82) is 0 Å². The zero-order valence-corrected chi connectivity index (χ0v) is 11.1. The van der Waals surface area contributed by atoms with E-state index < -0.39 is 17.6 Å². The number of nitrogens with two attached hydrogens (primary N) is 1. The molecule has 0 spiro atoms. The molecule has 1 unspecified atom stereocenters. The lowest BCUT2D eigenvalue weighted by Gasteiger charge is -2.22. The fourth-order valence-corrected chi connectivity index (χ4v) is 1.40. The Morgan fingerprint density at radius 2 is 2.00 bits per heavy atom. The van der Waals surface area contributed by atoms with Gasteiger partial charge in [-0.3, -0.25) is 0 Å². The van der Waals surface area contributed by atoms with Gasteiger partial charge in [-0.05, 0) is 38.5 Å². The number of esters is 1. The molecule has 5 nitrogen and oxygen atoms in total. The normalized spacial score (nSPS) is 12.9. The number of carbonyl (C=O) groups excluding carboxylic acids is 1. The summed E-state index contributed by atoms with van der Waals surface area (Å²) in [6.45, 7) is 5.30. The zero-order chi connectivity index (χ0) is 13.9. The Bertz CT molecular complexity index is 437. The van der Waals surface area contributed by atoms with E-state index >= 15 is 0 Å². The summed E-state index contributed by atoms with van der Waals surface area (Å²) in [5.74, 6) is -0.267. The van der Waals surface area contributed by atoms with Crippen molar-refractivity contribution in [3.05, 3.63) is 23.8 Å². The van der Waals surface area contributed by atoms with Crippen molar-refractivity contribution in [2.75, 3.05) is 7.11 Å². The molecule has 1 aromatic rings. The van der Waals surface area contributed by atoms with E-state index in [2.05, 4.69) is 0 Å². The zero-order valence-electron chi connectivity index (χ0n) is 11.1. The molecule has 0 radical (unpaired) electrons. The number of hydrogen-bond donors (Lipinski definition) is 2. The molecule has 0 aromatic heterocycles. The van der Waals surface area contributed by atoms with Crippen molar-refractivity contribution in [3.8, 4) is 11.5 Å². The van der Waals surface area contributed by atoms with Crippen LogP contribution in [0.25, 0.3) is 0 Å². The van der Waals surface area contributed by atoms with Crippen LogP contribution in [0.1, 0.15) is 32.4 Å². The quantitative estimate of drug-likeness (QED) is 0.802. The maximum Gasteiger partial charge on any atom is 0.328 e. The first-order valence-corrected chi connectivity index (χ1v) is 5.60. The van der Waals surface area contributed by atoms with Gasteiger partial charge in [-0.25, -0.2) is 4.79 Å². The third kappa shape index (κ3) is 3.63. The van der Waals surface area contributed by atoms with Crippen molar-refractivity contribution in [2.45, 2.75) is 32.4 Å². The van der Waals surface area contributed by atoms with Crippen LogP contribution in [0.15, 0.2) is 18.2 Å². The van der Waals surface area contributed by atoms with E-state index in [1.54, 1.807) is 32.9 Å². The first-order chi connectivity index (χ1) is 8.24. The molecule has 1 rings (SSSR count). The third-order valence-electron chi connectivity index (χ3n) is 2.22. The summed E-state index contributed by atoms with van der Waals surface area (Å²) in [6, 6.07) is 3.64. The van der Waals surface area contributed by atoms with Gasteiger partial charge in [0.05, 0.1) is 7.11 Å². The highest BCUT2D eigenvalue weighted by molar-refractivity contribution is 5.78. The second kappa shape index (κ2) is 5.27. The predicted octanol–water partition coefficient (Wildman–Crippen LogP) is 1.74. The van der Waals surface area contributed by atoms with E-state index in [0.29, 0.717) is 11.3 Å². The Balaban J connectivity index is 2.87. The monoisotopic (exact) mass is 253 g/mol. The first-order valence-electron chi connectivity index (χ1n) is 5.60. The molecule has 0 saturated carbocycles. The van der Waals surface area contributed by atoms with Crippen LogP contribution >= 0.6 is 0 Å². The Kier molecular flexibility index (Phi) is 4.19. The highest BCUT2D eigenvalue weighted by Gasteiger charge is 2.24. The van der Waals surface area contributed by atoms with Crippen LogP contribution in [0.2, 0.25) is 0 Å². The number of phenols is 1. The number of aromatic hydroxyl groups is 1.